The van der Waals surface area contributed by atoms with E-state index in [1.54, 1.807) is 12.4 Å². The van der Waals surface area contributed by atoms with E-state index >= 15 is 0 Å². The molecule has 6 nitrogen and oxygen atoms in total. The van der Waals surface area contributed by atoms with Crippen LogP contribution in [0.4, 0.5) is 0 Å². The predicted octanol–water partition coefficient (Wildman–Crippen LogP) is 3.07. The van der Waals surface area contributed by atoms with Crippen molar-refractivity contribution in [3.8, 4) is 5.75 Å². The topological polar surface area (TPSA) is 60.2 Å². The lowest BCUT2D eigenvalue weighted by molar-refractivity contribution is 0.0512. The van der Waals surface area contributed by atoms with Gasteiger partial charge in [0.15, 0.2) is 0 Å². The van der Waals surface area contributed by atoms with Crippen molar-refractivity contribution >= 4 is 5.91 Å². The van der Waals surface area contributed by atoms with Gasteiger partial charge in [-0.1, -0.05) is 0 Å². The van der Waals surface area contributed by atoms with Gasteiger partial charge >= 0.3 is 0 Å². The number of carbonyl (C=O) groups excluding carboxylic acids is 1. The number of hydrogen-bond acceptors (Lipinski definition) is 4. The van der Waals surface area contributed by atoms with Crippen molar-refractivity contribution in [2.24, 2.45) is 0 Å². The minimum atomic E-state index is 0.132. The minimum Gasteiger partial charge on any atom is -0.491 e. The van der Waals surface area contributed by atoms with Crippen LogP contribution in [0.1, 0.15) is 55.9 Å². The van der Waals surface area contributed by atoms with Crippen molar-refractivity contribution in [3.63, 3.8) is 0 Å². The Bertz CT molecular complexity index is 712. The first-order valence-corrected chi connectivity index (χ1v) is 9.07. The summed E-state index contributed by atoms with van der Waals surface area (Å²) in [6.45, 7) is 3.99. The van der Waals surface area contributed by atoms with Crippen LogP contribution in [0.5, 0.6) is 5.75 Å². The summed E-state index contributed by atoms with van der Waals surface area (Å²) in [6.07, 6.45) is 7.59. The summed E-state index contributed by atoms with van der Waals surface area (Å²) in [4.78, 5) is 16.9. The molecule has 1 aromatic heterocycles. The molecule has 0 saturated carbocycles. The highest BCUT2D eigenvalue weighted by molar-refractivity contribution is 5.95. The van der Waals surface area contributed by atoms with Crippen molar-refractivity contribution in [2.75, 3.05) is 0 Å². The molecule has 0 aliphatic carbocycles. The van der Waals surface area contributed by atoms with Crippen molar-refractivity contribution in [3.05, 3.63) is 42.2 Å². The third kappa shape index (κ3) is 3.13. The molecular formula is C19H24N4O2. The van der Waals surface area contributed by atoms with E-state index in [4.69, 9.17) is 4.74 Å². The fraction of sp³-hybridized carbons (Fsp3) is 0.526. The van der Waals surface area contributed by atoms with Crippen LogP contribution >= 0.6 is 0 Å². The lowest BCUT2D eigenvalue weighted by atomic mass is 9.96. The predicted molar refractivity (Wildman–Crippen MR) is 93.5 cm³/mol. The standard InChI is InChI=1S/C19H24N4O2/c1-13(2)25-18-7-3-14(4-8-18)19(24)22-15-5-6-16(22)12-17(11-15)23-20-9-10-21-23/h3-4,7-10,13,15-17H,5-6,11-12H2,1-2H3. The highest BCUT2D eigenvalue weighted by atomic mass is 16.5. The molecule has 2 unspecified atom stereocenters. The average molecular weight is 340 g/mol. The molecule has 1 amide bonds. The number of hydrogen-bond donors (Lipinski definition) is 0. The Morgan fingerprint density at radius 3 is 2.20 bits per heavy atom. The normalized spacial score (nSPS) is 25.4. The van der Waals surface area contributed by atoms with Gasteiger partial charge in [-0.05, 0) is 63.8 Å². The van der Waals surface area contributed by atoms with Crippen LogP contribution in [0.3, 0.4) is 0 Å². The van der Waals surface area contributed by atoms with E-state index in [2.05, 4.69) is 15.1 Å². The Labute approximate surface area is 147 Å². The highest BCUT2D eigenvalue weighted by Crippen LogP contribution is 2.41. The summed E-state index contributed by atoms with van der Waals surface area (Å²) >= 11 is 0. The maximum atomic E-state index is 13.0. The summed E-state index contributed by atoms with van der Waals surface area (Å²) in [5.74, 6) is 0.938. The van der Waals surface area contributed by atoms with Gasteiger partial charge in [0.1, 0.15) is 5.75 Å². The van der Waals surface area contributed by atoms with Crippen LogP contribution in [-0.4, -0.2) is 44.0 Å². The Morgan fingerprint density at radius 1 is 1.04 bits per heavy atom. The zero-order valence-electron chi connectivity index (χ0n) is 14.7. The molecule has 2 aliphatic heterocycles. The second-order valence-electron chi connectivity index (χ2n) is 7.26. The number of piperidine rings is 1. The first-order chi connectivity index (χ1) is 12.1. The number of aromatic nitrogens is 3. The lowest BCUT2D eigenvalue weighted by Gasteiger charge is -2.38. The number of nitrogens with zero attached hydrogens (tertiary/aromatic N) is 4. The van der Waals surface area contributed by atoms with E-state index in [1.165, 1.54) is 0 Å². The zero-order chi connectivity index (χ0) is 17.4. The Balaban J connectivity index is 1.48. The molecule has 4 rings (SSSR count). The van der Waals surface area contributed by atoms with Crippen LogP contribution in [0.15, 0.2) is 36.7 Å². The van der Waals surface area contributed by atoms with E-state index in [-0.39, 0.29) is 24.1 Å². The van der Waals surface area contributed by atoms with E-state index in [9.17, 15) is 4.79 Å². The van der Waals surface area contributed by atoms with Gasteiger partial charge in [0, 0.05) is 17.6 Å². The summed E-state index contributed by atoms with van der Waals surface area (Å²) in [5, 5.41) is 8.57. The van der Waals surface area contributed by atoms with Gasteiger partial charge in [-0.25, -0.2) is 0 Å². The molecule has 0 N–H and O–H groups in total. The lowest BCUT2D eigenvalue weighted by Crippen LogP contribution is -2.47. The number of rotatable bonds is 4. The Hall–Kier alpha value is -2.37. The molecule has 2 aromatic rings. The second kappa shape index (κ2) is 6.50. The molecule has 2 bridgehead atoms. The SMILES string of the molecule is CC(C)Oc1ccc(C(=O)N2C3CCC2CC(n2nccn2)C3)cc1. The third-order valence-electron chi connectivity index (χ3n) is 5.18. The van der Waals surface area contributed by atoms with Gasteiger partial charge in [-0.15, -0.1) is 0 Å². The maximum Gasteiger partial charge on any atom is 0.254 e. The van der Waals surface area contributed by atoms with Gasteiger partial charge in [0.25, 0.3) is 5.91 Å². The molecule has 0 radical (unpaired) electrons. The first-order valence-electron chi connectivity index (χ1n) is 9.07. The van der Waals surface area contributed by atoms with E-state index in [0.29, 0.717) is 6.04 Å². The molecule has 2 aliphatic rings. The second-order valence-corrected chi connectivity index (χ2v) is 7.26. The smallest absolute Gasteiger partial charge is 0.254 e. The Morgan fingerprint density at radius 2 is 1.64 bits per heavy atom. The van der Waals surface area contributed by atoms with E-state index in [1.807, 2.05) is 42.9 Å². The van der Waals surface area contributed by atoms with Crippen LogP contribution < -0.4 is 4.74 Å². The number of carbonyl (C=O) groups is 1. The molecule has 1 aromatic carbocycles. The largest absolute Gasteiger partial charge is 0.491 e. The van der Waals surface area contributed by atoms with Gasteiger partial charge in [0.2, 0.25) is 0 Å². The third-order valence-corrected chi connectivity index (χ3v) is 5.18. The van der Waals surface area contributed by atoms with Crippen molar-refractivity contribution < 1.29 is 9.53 Å². The molecular weight excluding hydrogens is 316 g/mol. The molecule has 3 heterocycles. The van der Waals surface area contributed by atoms with Gasteiger partial charge in [0.05, 0.1) is 24.5 Å². The van der Waals surface area contributed by atoms with E-state index in [0.717, 1.165) is 37.0 Å². The molecule has 0 spiro atoms. The molecule has 2 fully saturated rings. The molecule has 2 saturated heterocycles. The molecule has 2 atom stereocenters. The quantitative estimate of drug-likeness (QED) is 0.858. The van der Waals surface area contributed by atoms with Crippen LogP contribution in [0, 0.1) is 0 Å². The van der Waals surface area contributed by atoms with Crippen molar-refractivity contribution in [1.82, 2.24) is 19.9 Å². The molecule has 132 valence electrons. The summed E-state index contributed by atoms with van der Waals surface area (Å²) in [5.41, 5.74) is 0.740. The summed E-state index contributed by atoms with van der Waals surface area (Å²) < 4.78 is 5.66. The van der Waals surface area contributed by atoms with Crippen molar-refractivity contribution in [2.45, 2.75) is 63.8 Å². The Kier molecular flexibility index (Phi) is 4.19. The van der Waals surface area contributed by atoms with Crippen LogP contribution in [0.2, 0.25) is 0 Å². The summed E-state index contributed by atoms with van der Waals surface area (Å²) in [6, 6.07) is 8.40. The van der Waals surface area contributed by atoms with Crippen LogP contribution in [-0.2, 0) is 0 Å². The number of amides is 1. The van der Waals surface area contributed by atoms with Gasteiger partial charge < -0.3 is 9.64 Å². The van der Waals surface area contributed by atoms with Gasteiger partial charge in [-0.2, -0.15) is 15.0 Å². The maximum absolute atomic E-state index is 13.0. The first kappa shape index (κ1) is 16.1. The number of benzene rings is 1. The number of fused-ring (bicyclic) bond motifs is 2. The fourth-order valence-electron chi connectivity index (χ4n) is 4.18. The van der Waals surface area contributed by atoms with Gasteiger partial charge in [-0.3, -0.25) is 4.79 Å². The van der Waals surface area contributed by atoms with Crippen LogP contribution in [0.25, 0.3) is 0 Å². The molecule has 6 heteroatoms. The summed E-state index contributed by atoms with van der Waals surface area (Å²) in [7, 11) is 0. The molecule has 25 heavy (non-hydrogen) atoms. The highest BCUT2D eigenvalue weighted by Gasteiger charge is 2.44. The van der Waals surface area contributed by atoms with E-state index < -0.39 is 0 Å². The minimum absolute atomic E-state index is 0.132. The average Bonchev–Trinajstić information content (AvgIpc) is 3.21. The monoisotopic (exact) mass is 340 g/mol. The fourth-order valence-corrected chi connectivity index (χ4v) is 4.18. The number of ether oxygens (including phenoxy) is 1. The van der Waals surface area contributed by atoms with Crippen molar-refractivity contribution in [1.29, 1.82) is 0 Å². The zero-order valence-corrected chi connectivity index (χ0v) is 14.7.